The quantitative estimate of drug-likeness (QED) is 0.549. The molecule has 0 aliphatic heterocycles. The lowest BCUT2D eigenvalue weighted by Crippen LogP contribution is -2.03. The molecule has 0 saturated heterocycles. The first kappa shape index (κ1) is 12.4. The molecule has 100 valence electrons. The van der Waals surface area contributed by atoms with Crippen LogP contribution in [0.1, 0.15) is 12.5 Å². The molecule has 0 aliphatic rings. The third kappa shape index (κ3) is 2.28. The van der Waals surface area contributed by atoms with Crippen molar-refractivity contribution in [2.24, 2.45) is 10.7 Å². The van der Waals surface area contributed by atoms with Gasteiger partial charge < -0.3 is 10.7 Å². The molecule has 0 fully saturated rings. The highest BCUT2D eigenvalue weighted by Crippen LogP contribution is 2.25. The van der Waals surface area contributed by atoms with Crippen LogP contribution in [0.5, 0.6) is 0 Å². The molecule has 4 nitrogen and oxygen atoms in total. The standard InChI is InChI=1S/C16H16N4/c1-10-5-3-4-6-13(10)16-19-14-8-7-12(18-11(2)17)9-15(14)20-16/h3-9H,1-2H3,(H2,17,18)(H,19,20). The van der Waals surface area contributed by atoms with Crippen LogP contribution in [0.25, 0.3) is 22.4 Å². The Morgan fingerprint density at radius 3 is 2.75 bits per heavy atom. The Labute approximate surface area is 117 Å². The zero-order chi connectivity index (χ0) is 14.1. The van der Waals surface area contributed by atoms with Gasteiger partial charge in [-0.3, -0.25) is 0 Å². The lowest BCUT2D eigenvalue weighted by atomic mass is 10.1. The SMILES string of the molecule is CC(N)=Nc1ccc2nc(-c3ccccc3C)[nH]c2c1. The van der Waals surface area contributed by atoms with E-state index in [1.54, 1.807) is 6.92 Å². The van der Waals surface area contributed by atoms with E-state index in [1.807, 2.05) is 30.3 Å². The third-order valence-electron chi connectivity index (χ3n) is 3.17. The van der Waals surface area contributed by atoms with Crippen LogP contribution in [-0.2, 0) is 0 Å². The van der Waals surface area contributed by atoms with Gasteiger partial charge in [0.05, 0.1) is 22.6 Å². The van der Waals surface area contributed by atoms with Gasteiger partial charge in [-0.1, -0.05) is 24.3 Å². The van der Waals surface area contributed by atoms with Gasteiger partial charge in [0.2, 0.25) is 0 Å². The molecule has 0 spiro atoms. The van der Waals surface area contributed by atoms with Crippen molar-refractivity contribution in [1.82, 2.24) is 9.97 Å². The maximum Gasteiger partial charge on any atom is 0.138 e. The molecule has 20 heavy (non-hydrogen) atoms. The lowest BCUT2D eigenvalue weighted by Gasteiger charge is -2.00. The van der Waals surface area contributed by atoms with Crippen molar-refractivity contribution in [1.29, 1.82) is 0 Å². The summed E-state index contributed by atoms with van der Waals surface area (Å²) in [6.07, 6.45) is 0. The molecular formula is C16H16N4. The van der Waals surface area contributed by atoms with Crippen molar-refractivity contribution in [2.45, 2.75) is 13.8 Å². The number of aryl methyl sites for hydroxylation is 1. The van der Waals surface area contributed by atoms with Crippen LogP contribution in [0.15, 0.2) is 47.5 Å². The van der Waals surface area contributed by atoms with E-state index in [2.05, 4.69) is 34.0 Å². The van der Waals surface area contributed by atoms with Crippen molar-refractivity contribution in [3.05, 3.63) is 48.0 Å². The summed E-state index contributed by atoms with van der Waals surface area (Å²) in [5.74, 6) is 1.42. The minimum absolute atomic E-state index is 0.544. The van der Waals surface area contributed by atoms with E-state index in [4.69, 9.17) is 5.73 Å². The Morgan fingerprint density at radius 2 is 2.00 bits per heavy atom. The molecule has 0 atom stereocenters. The van der Waals surface area contributed by atoms with E-state index in [1.165, 1.54) is 5.56 Å². The Hall–Kier alpha value is -2.62. The van der Waals surface area contributed by atoms with Gasteiger partial charge in [-0.15, -0.1) is 0 Å². The highest BCUT2D eigenvalue weighted by atomic mass is 14.9. The van der Waals surface area contributed by atoms with E-state index in [0.29, 0.717) is 5.84 Å². The zero-order valence-electron chi connectivity index (χ0n) is 11.5. The number of rotatable bonds is 2. The van der Waals surface area contributed by atoms with Crippen LogP contribution in [0, 0.1) is 6.92 Å². The van der Waals surface area contributed by atoms with Gasteiger partial charge >= 0.3 is 0 Å². The molecule has 0 amide bonds. The Balaban J connectivity index is 2.12. The average Bonchev–Trinajstić information content (AvgIpc) is 2.81. The maximum absolute atomic E-state index is 5.61. The molecular weight excluding hydrogens is 248 g/mol. The van der Waals surface area contributed by atoms with Gasteiger partial charge in [0, 0.05) is 5.56 Å². The molecule has 0 aliphatic carbocycles. The molecule has 1 heterocycles. The third-order valence-corrected chi connectivity index (χ3v) is 3.17. The number of hydrogen-bond donors (Lipinski definition) is 2. The molecule has 3 N–H and O–H groups in total. The summed E-state index contributed by atoms with van der Waals surface area (Å²) in [4.78, 5) is 12.2. The van der Waals surface area contributed by atoms with E-state index in [-0.39, 0.29) is 0 Å². The maximum atomic E-state index is 5.61. The van der Waals surface area contributed by atoms with E-state index in [9.17, 15) is 0 Å². The summed E-state index contributed by atoms with van der Waals surface area (Å²) in [5, 5.41) is 0. The minimum atomic E-state index is 0.544. The molecule has 2 aromatic carbocycles. The van der Waals surface area contributed by atoms with Crippen LogP contribution in [-0.4, -0.2) is 15.8 Å². The number of amidine groups is 1. The molecule has 1 aromatic heterocycles. The number of H-pyrrole nitrogens is 1. The number of hydrogen-bond acceptors (Lipinski definition) is 2. The van der Waals surface area contributed by atoms with Crippen LogP contribution in [0.3, 0.4) is 0 Å². The Bertz CT molecular complexity index is 795. The first-order valence-corrected chi connectivity index (χ1v) is 6.50. The van der Waals surface area contributed by atoms with Gasteiger partial charge in [-0.25, -0.2) is 9.98 Å². The van der Waals surface area contributed by atoms with Crippen molar-refractivity contribution >= 4 is 22.6 Å². The van der Waals surface area contributed by atoms with Crippen molar-refractivity contribution in [2.75, 3.05) is 0 Å². The lowest BCUT2D eigenvalue weighted by molar-refractivity contribution is 1.31. The predicted molar refractivity (Wildman–Crippen MR) is 83.2 cm³/mol. The fraction of sp³-hybridized carbons (Fsp3) is 0.125. The van der Waals surface area contributed by atoms with Gasteiger partial charge in [0.25, 0.3) is 0 Å². The Kier molecular flexibility index (Phi) is 2.99. The summed E-state index contributed by atoms with van der Waals surface area (Å²) in [6, 6.07) is 14.0. The summed E-state index contributed by atoms with van der Waals surface area (Å²) in [6.45, 7) is 3.85. The number of fused-ring (bicyclic) bond motifs is 1. The normalized spacial score (nSPS) is 12.0. The number of aliphatic imine (C=N–C) groups is 1. The van der Waals surface area contributed by atoms with Gasteiger partial charge in [-0.2, -0.15) is 0 Å². The summed E-state index contributed by atoms with van der Waals surface area (Å²) in [7, 11) is 0. The predicted octanol–water partition coefficient (Wildman–Crippen LogP) is 3.55. The van der Waals surface area contributed by atoms with Gasteiger partial charge in [-0.05, 0) is 37.6 Å². The molecule has 3 aromatic rings. The molecule has 0 saturated carbocycles. The number of nitrogens with two attached hydrogens (primary N) is 1. The number of imidazole rings is 1. The largest absolute Gasteiger partial charge is 0.387 e. The Morgan fingerprint density at radius 1 is 1.20 bits per heavy atom. The second kappa shape index (κ2) is 4.81. The smallest absolute Gasteiger partial charge is 0.138 e. The fourth-order valence-electron chi connectivity index (χ4n) is 2.24. The molecule has 4 heteroatoms. The fourth-order valence-corrected chi connectivity index (χ4v) is 2.24. The first-order valence-electron chi connectivity index (χ1n) is 6.50. The summed E-state index contributed by atoms with van der Waals surface area (Å²) < 4.78 is 0. The average molecular weight is 264 g/mol. The zero-order valence-corrected chi connectivity index (χ0v) is 11.5. The number of benzene rings is 2. The number of nitrogens with zero attached hydrogens (tertiary/aromatic N) is 2. The summed E-state index contributed by atoms with van der Waals surface area (Å²) >= 11 is 0. The summed E-state index contributed by atoms with van der Waals surface area (Å²) in [5.41, 5.74) is 10.6. The topological polar surface area (TPSA) is 67.1 Å². The molecule has 0 bridgehead atoms. The van der Waals surface area contributed by atoms with Crippen molar-refractivity contribution < 1.29 is 0 Å². The number of aromatic nitrogens is 2. The van der Waals surface area contributed by atoms with Crippen LogP contribution < -0.4 is 5.73 Å². The number of nitrogens with one attached hydrogen (secondary N) is 1. The minimum Gasteiger partial charge on any atom is -0.387 e. The van der Waals surface area contributed by atoms with Gasteiger partial charge in [0.1, 0.15) is 5.82 Å². The van der Waals surface area contributed by atoms with Crippen LogP contribution >= 0.6 is 0 Å². The van der Waals surface area contributed by atoms with E-state index >= 15 is 0 Å². The highest BCUT2D eigenvalue weighted by Gasteiger charge is 2.07. The van der Waals surface area contributed by atoms with Gasteiger partial charge in [0.15, 0.2) is 0 Å². The van der Waals surface area contributed by atoms with E-state index in [0.717, 1.165) is 28.1 Å². The van der Waals surface area contributed by atoms with Crippen LogP contribution in [0.4, 0.5) is 5.69 Å². The number of aromatic amines is 1. The molecule has 3 rings (SSSR count). The van der Waals surface area contributed by atoms with E-state index < -0.39 is 0 Å². The van der Waals surface area contributed by atoms with Crippen molar-refractivity contribution in [3.8, 4) is 11.4 Å². The second-order valence-electron chi connectivity index (χ2n) is 4.85. The molecule has 0 radical (unpaired) electrons. The monoisotopic (exact) mass is 264 g/mol. The van der Waals surface area contributed by atoms with Crippen LogP contribution in [0.2, 0.25) is 0 Å². The first-order chi connectivity index (χ1) is 9.63. The highest BCUT2D eigenvalue weighted by molar-refractivity contribution is 5.85. The second-order valence-corrected chi connectivity index (χ2v) is 4.85. The molecule has 0 unspecified atom stereocenters. The van der Waals surface area contributed by atoms with Crippen molar-refractivity contribution in [3.63, 3.8) is 0 Å².